The number of hydrogen-bond acceptors (Lipinski definition) is 2. The minimum atomic E-state index is -0.122. The van der Waals surface area contributed by atoms with Crippen LogP contribution >= 0.6 is 0 Å². The number of fused-ring (bicyclic) bond motifs is 6. The first kappa shape index (κ1) is 34.8. The van der Waals surface area contributed by atoms with E-state index >= 15 is 0 Å². The molecule has 1 aromatic heterocycles. The molecule has 0 unspecified atom stereocenters. The van der Waals surface area contributed by atoms with E-state index in [2.05, 4.69) is 225 Å². The monoisotopic (exact) mass is 755 g/mol. The molecular formula is C57H41NO. The van der Waals surface area contributed by atoms with E-state index < -0.39 is 0 Å². The minimum absolute atomic E-state index is 0.122. The van der Waals surface area contributed by atoms with E-state index in [-0.39, 0.29) is 5.41 Å². The molecule has 0 bridgehead atoms. The van der Waals surface area contributed by atoms with Gasteiger partial charge in [0.05, 0.1) is 11.4 Å². The van der Waals surface area contributed by atoms with E-state index in [0.717, 1.165) is 61.3 Å². The van der Waals surface area contributed by atoms with Gasteiger partial charge in [-0.3, -0.25) is 0 Å². The van der Waals surface area contributed by atoms with Gasteiger partial charge in [-0.05, 0) is 91.5 Å². The summed E-state index contributed by atoms with van der Waals surface area (Å²) >= 11 is 0. The highest BCUT2D eigenvalue weighted by atomic mass is 16.3. The Morgan fingerprint density at radius 3 is 1.68 bits per heavy atom. The van der Waals surface area contributed by atoms with Crippen molar-refractivity contribution >= 4 is 39.0 Å². The van der Waals surface area contributed by atoms with E-state index in [9.17, 15) is 0 Å². The molecule has 10 aromatic rings. The van der Waals surface area contributed by atoms with Gasteiger partial charge < -0.3 is 9.32 Å². The summed E-state index contributed by atoms with van der Waals surface area (Å²) < 4.78 is 6.82. The first-order chi connectivity index (χ1) is 29.1. The first-order valence-corrected chi connectivity index (χ1v) is 20.4. The number of benzene rings is 9. The second kappa shape index (κ2) is 13.9. The Balaban J connectivity index is 1.17. The van der Waals surface area contributed by atoms with Crippen LogP contribution in [0.1, 0.15) is 25.0 Å². The highest BCUT2D eigenvalue weighted by Gasteiger charge is 2.37. The molecule has 1 heterocycles. The van der Waals surface area contributed by atoms with E-state index in [4.69, 9.17) is 4.42 Å². The van der Waals surface area contributed by atoms with Crippen LogP contribution in [0.2, 0.25) is 0 Å². The van der Waals surface area contributed by atoms with Crippen LogP contribution in [0.3, 0.4) is 0 Å². The maximum atomic E-state index is 6.82. The van der Waals surface area contributed by atoms with Crippen LogP contribution in [0.5, 0.6) is 0 Å². The van der Waals surface area contributed by atoms with Gasteiger partial charge in [-0.15, -0.1) is 0 Å². The van der Waals surface area contributed by atoms with Crippen LogP contribution in [0.25, 0.3) is 77.6 Å². The van der Waals surface area contributed by atoms with Gasteiger partial charge in [0.25, 0.3) is 0 Å². The fourth-order valence-electron chi connectivity index (χ4n) is 9.63. The molecule has 0 amide bonds. The maximum Gasteiger partial charge on any atom is 0.159 e. The van der Waals surface area contributed by atoms with Gasteiger partial charge in [0.2, 0.25) is 0 Å². The molecule has 280 valence electrons. The van der Waals surface area contributed by atoms with Gasteiger partial charge in [0, 0.05) is 27.4 Å². The van der Waals surface area contributed by atoms with Crippen LogP contribution in [-0.2, 0) is 5.41 Å². The van der Waals surface area contributed by atoms with Gasteiger partial charge in [-0.25, -0.2) is 0 Å². The van der Waals surface area contributed by atoms with E-state index in [0.29, 0.717) is 0 Å². The fraction of sp³-hybridized carbons (Fsp3) is 0.0526. The van der Waals surface area contributed by atoms with Crippen LogP contribution in [0.4, 0.5) is 17.1 Å². The summed E-state index contributed by atoms with van der Waals surface area (Å²) in [6.45, 7) is 4.72. The Hall–Kier alpha value is -7.42. The summed E-state index contributed by atoms with van der Waals surface area (Å²) in [5, 5.41) is 2.20. The lowest BCUT2D eigenvalue weighted by Gasteiger charge is -2.30. The third-order valence-corrected chi connectivity index (χ3v) is 12.3. The summed E-state index contributed by atoms with van der Waals surface area (Å²) in [5.74, 6) is 0. The highest BCUT2D eigenvalue weighted by molar-refractivity contribution is 6.11. The van der Waals surface area contributed by atoms with Gasteiger partial charge in [-0.1, -0.05) is 196 Å². The Morgan fingerprint density at radius 1 is 0.373 bits per heavy atom. The second-order valence-corrected chi connectivity index (χ2v) is 16.0. The average Bonchev–Trinajstić information content (AvgIpc) is 3.80. The standard InChI is InChI=1S/C57H41NO/c1-57(2)50-30-13-11-23-45(50)48-28-15-27-44(55(48)57)40-34-36-41(37-35-40)58(52-32-17-29-49-46-24-12-14-33-53(46)59-56(49)52)51-31-16-26-43(39-20-7-4-8-21-39)54(51)47-25-10-9-22-42(47)38-18-5-3-6-19-38/h3-37H,1-2H3. The van der Waals surface area contributed by atoms with Crippen LogP contribution in [-0.4, -0.2) is 0 Å². The van der Waals surface area contributed by atoms with Gasteiger partial charge in [0.15, 0.2) is 5.58 Å². The predicted molar refractivity (Wildman–Crippen MR) is 248 cm³/mol. The van der Waals surface area contributed by atoms with Crippen molar-refractivity contribution < 1.29 is 4.42 Å². The molecule has 59 heavy (non-hydrogen) atoms. The third-order valence-electron chi connectivity index (χ3n) is 12.3. The molecule has 0 saturated heterocycles. The molecule has 2 heteroatoms. The molecule has 11 rings (SSSR count). The smallest absolute Gasteiger partial charge is 0.159 e. The van der Waals surface area contributed by atoms with Crippen molar-refractivity contribution in [2.75, 3.05) is 4.90 Å². The normalized spacial score (nSPS) is 12.7. The molecule has 0 spiro atoms. The van der Waals surface area contributed by atoms with Crippen molar-refractivity contribution in [1.82, 2.24) is 0 Å². The largest absolute Gasteiger partial charge is 0.454 e. The van der Waals surface area contributed by atoms with E-state index in [1.165, 1.54) is 44.5 Å². The summed E-state index contributed by atoms with van der Waals surface area (Å²) in [6, 6.07) is 76.7. The quantitative estimate of drug-likeness (QED) is 0.161. The molecule has 0 N–H and O–H groups in total. The first-order valence-electron chi connectivity index (χ1n) is 20.4. The molecule has 2 nitrogen and oxygen atoms in total. The van der Waals surface area contributed by atoms with Crippen molar-refractivity contribution in [3.05, 3.63) is 223 Å². The zero-order valence-corrected chi connectivity index (χ0v) is 33.1. The zero-order valence-electron chi connectivity index (χ0n) is 33.1. The topological polar surface area (TPSA) is 16.4 Å². The molecule has 0 fully saturated rings. The summed E-state index contributed by atoms with van der Waals surface area (Å²) in [6.07, 6.45) is 0. The fourth-order valence-corrected chi connectivity index (χ4v) is 9.63. The van der Waals surface area contributed by atoms with E-state index in [1.54, 1.807) is 0 Å². The minimum Gasteiger partial charge on any atom is -0.454 e. The van der Waals surface area contributed by atoms with Crippen molar-refractivity contribution in [2.45, 2.75) is 19.3 Å². The average molecular weight is 756 g/mol. The Morgan fingerprint density at radius 2 is 0.898 bits per heavy atom. The number of nitrogens with zero attached hydrogens (tertiary/aromatic N) is 1. The molecule has 0 radical (unpaired) electrons. The Kier molecular flexibility index (Phi) is 8.20. The molecule has 1 aliphatic rings. The molecule has 1 aliphatic carbocycles. The lowest BCUT2D eigenvalue weighted by molar-refractivity contribution is 0.662. The lowest BCUT2D eigenvalue weighted by atomic mass is 9.79. The molecule has 9 aromatic carbocycles. The molecular weight excluding hydrogens is 715 g/mol. The summed E-state index contributed by atoms with van der Waals surface area (Å²) in [5.41, 5.74) is 19.5. The van der Waals surface area contributed by atoms with E-state index in [1.807, 2.05) is 6.07 Å². The number of para-hydroxylation sites is 2. The molecule has 0 atom stereocenters. The van der Waals surface area contributed by atoms with Gasteiger partial charge >= 0.3 is 0 Å². The Labute approximate surface area is 345 Å². The predicted octanol–water partition coefficient (Wildman–Crippen LogP) is 16.0. The second-order valence-electron chi connectivity index (χ2n) is 16.0. The van der Waals surface area contributed by atoms with Crippen LogP contribution in [0, 0.1) is 0 Å². The number of hydrogen-bond donors (Lipinski definition) is 0. The highest BCUT2D eigenvalue weighted by Crippen LogP contribution is 2.53. The van der Waals surface area contributed by atoms with Crippen molar-refractivity contribution in [1.29, 1.82) is 0 Å². The molecule has 0 saturated carbocycles. The van der Waals surface area contributed by atoms with Crippen molar-refractivity contribution in [2.24, 2.45) is 0 Å². The van der Waals surface area contributed by atoms with Gasteiger partial charge in [-0.2, -0.15) is 0 Å². The SMILES string of the molecule is CC1(C)c2ccccc2-c2cccc(-c3ccc(N(c4cccc(-c5ccccc5)c4-c4ccccc4-c4ccccc4)c4cccc5c4oc4ccccc45)cc3)c21. The van der Waals surface area contributed by atoms with Crippen molar-refractivity contribution in [3.63, 3.8) is 0 Å². The summed E-state index contributed by atoms with van der Waals surface area (Å²) in [7, 11) is 0. The lowest BCUT2D eigenvalue weighted by Crippen LogP contribution is -2.16. The van der Waals surface area contributed by atoms with Crippen molar-refractivity contribution in [3.8, 4) is 55.6 Å². The zero-order chi connectivity index (χ0) is 39.5. The number of rotatable bonds is 7. The van der Waals surface area contributed by atoms with Crippen LogP contribution < -0.4 is 4.90 Å². The van der Waals surface area contributed by atoms with Crippen LogP contribution in [0.15, 0.2) is 217 Å². The Bertz CT molecular complexity index is 3170. The number of furan rings is 1. The van der Waals surface area contributed by atoms with Gasteiger partial charge in [0.1, 0.15) is 5.58 Å². The molecule has 0 aliphatic heterocycles. The third kappa shape index (κ3) is 5.63. The maximum absolute atomic E-state index is 6.82. The summed E-state index contributed by atoms with van der Waals surface area (Å²) in [4.78, 5) is 2.41. The number of anilines is 3.